The molecule has 0 atom stereocenters. The number of carboxylic acid groups (broad SMARTS) is 1. The average molecular weight is 433 g/mol. The van der Waals surface area contributed by atoms with Crippen LogP contribution in [0.15, 0.2) is 56.8 Å². The van der Waals surface area contributed by atoms with Gasteiger partial charge in [-0.15, -0.1) is 0 Å². The summed E-state index contributed by atoms with van der Waals surface area (Å²) in [5.74, 6) is -0.519. The number of ether oxygens (including phenoxy) is 1. The second-order valence-corrected chi connectivity index (χ2v) is 7.11. The molecule has 1 aliphatic rings. The van der Waals surface area contributed by atoms with Crippen LogP contribution in [-0.2, 0) is 4.79 Å². The molecule has 26 heavy (non-hydrogen) atoms. The maximum Gasteiger partial charge on any atom is 0.335 e. The highest BCUT2D eigenvalue weighted by Crippen LogP contribution is 2.31. The Hall–Kier alpha value is -2.58. The number of benzene rings is 2. The summed E-state index contributed by atoms with van der Waals surface area (Å²) in [4.78, 5) is 27.8. The summed E-state index contributed by atoms with van der Waals surface area (Å²) in [6.45, 7) is 0. The number of methoxy groups -OCH3 is 1. The molecule has 0 bridgehead atoms. The molecule has 8 heteroatoms. The number of rotatable bonds is 4. The first-order valence-corrected chi connectivity index (χ1v) is 9.03. The number of nitrogens with zero attached hydrogens (tertiary/aromatic N) is 1. The van der Waals surface area contributed by atoms with Gasteiger partial charge in [0.1, 0.15) is 5.75 Å². The van der Waals surface area contributed by atoms with E-state index in [0.29, 0.717) is 21.5 Å². The number of carboxylic acids is 1. The largest absolute Gasteiger partial charge is 0.496 e. The van der Waals surface area contributed by atoms with Crippen molar-refractivity contribution in [3.8, 4) is 5.75 Å². The summed E-state index contributed by atoms with van der Waals surface area (Å²) >= 11 is 4.64. The van der Waals surface area contributed by atoms with Crippen LogP contribution in [0.2, 0.25) is 0 Å². The summed E-state index contributed by atoms with van der Waals surface area (Å²) in [5, 5.41) is 12.0. The van der Waals surface area contributed by atoms with E-state index in [1.807, 2.05) is 18.2 Å². The molecule has 1 amide bonds. The number of halogens is 1. The standard InChI is InChI=1S/C18H13BrN2O4S/c1-25-14-7-2-10(8-13(14)19)9-15-16(22)21-18(26-15)20-12-5-3-11(4-6-12)17(23)24/h2-9H,1H3,(H,23,24)(H,20,21,22)/b15-9+. The second kappa shape index (κ2) is 7.76. The van der Waals surface area contributed by atoms with Gasteiger partial charge in [0.2, 0.25) is 0 Å². The van der Waals surface area contributed by atoms with Crippen molar-refractivity contribution in [3.05, 3.63) is 63.0 Å². The lowest BCUT2D eigenvalue weighted by Gasteiger charge is -2.03. The van der Waals surface area contributed by atoms with Gasteiger partial charge in [-0.2, -0.15) is 0 Å². The molecule has 132 valence electrons. The lowest BCUT2D eigenvalue weighted by atomic mass is 10.2. The zero-order valence-electron chi connectivity index (χ0n) is 13.5. The number of amidine groups is 1. The van der Waals surface area contributed by atoms with Crippen LogP contribution in [0.1, 0.15) is 15.9 Å². The maximum absolute atomic E-state index is 12.1. The highest BCUT2D eigenvalue weighted by Gasteiger charge is 2.23. The Kier molecular flexibility index (Phi) is 5.43. The molecule has 0 aromatic heterocycles. The third-order valence-electron chi connectivity index (χ3n) is 3.47. The molecule has 6 nitrogen and oxygen atoms in total. The van der Waals surface area contributed by atoms with E-state index >= 15 is 0 Å². The minimum Gasteiger partial charge on any atom is -0.496 e. The maximum atomic E-state index is 12.1. The third-order valence-corrected chi connectivity index (χ3v) is 5.00. The van der Waals surface area contributed by atoms with Crippen molar-refractivity contribution in [1.82, 2.24) is 5.32 Å². The zero-order chi connectivity index (χ0) is 18.7. The van der Waals surface area contributed by atoms with E-state index in [4.69, 9.17) is 9.84 Å². The summed E-state index contributed by atoms with van der Waals surface area (Å²) in [7, 11) is 1.59. The Labute approximate surface area is 162 Å². The number of amides is 1. The quantitative estimate of drug-likeness (QED) is 0.711. The molecular weight excluding hydrogens is 420 g/mol. The lowest BCUT2D eigenvalue weighted by Crippen LogP contribution is -2.19. The van der Waals surface area contributed by atoms with Gasteiger partial charge >= 0.3 is 5.97 Å². The van der Waals surface area contributed by atoms with Gasteiger partial charge in [0.15, 0.2) is 5.17 Å². The van der Waals surface area contributed by atoms with Gasteiger partial charge in [-0.05, 0) is 75.7 Å². The number of carbonyl (C=O) groups is 2. The Morgan fingerprint density at radius 2 is 2.00 bits per heavy atom. The van der Waals surface area contributed by atoms with Gasteiger partial charge in [0.05, 0.1) is 27.7 Å². The molecule has 0 radical (unpaired) electrons. The molecule has 0 aliphatic carbocycles. The molecule has 0 spiro atoms. The van der Waals surface area contributed by atoms with Crippen molar-refractivity contribution in [2.24, 2.45) is 4.99 Å². The predicted molar refractivity (Wildman–Crippen MR) is 105 cm³/mol. The first kappa shape index (κ1) is 18.2. The number of nitrogens with one attached hydrogen (secondary N) is 1. The topological polar surface area (TPSA) is 88.0 Å². The van der Waals surface area contributed by atoms with E-state index in [0.717, 1.165) is 10.0 Å². The average Bonchev–Trinajstić information content (AvgIpc) is 2.94. The number of aliphatic imine (C=N–C) groups is 1. The highest BCUT2D eigenvalue weighted by atomic mass is 79.9. The molecular formula is C18H13BrN2O4S. The monoisotopic (exact) mass is 432 g/mol. The van der Waals surface area contributed by atoms with E-state index in [9.17, 15) is 9.59 Å². The van der Waals surface area contributed by atoms with Crippen LogP contribution in [0.5, 0.6) is 5.75 Å². The highest BCUT2D eigenvalue weighted by molar-refractivity contribution is 9.10. The molecule has 1 heterocycles. The minimum atomic E-state index is -0.997. The Morgan fingerprint density at radius 3 is 2.62 bits per heavy atom. The minimum absolute atomic E-state index is 0.183. The third kappa shape index (κ3) is 4.14. The number of aromatic carboxylic acids is 1. The molecule has 3 rings (SSSR count). The number of carbonyl (C=O) groups excluding carboxylic acids is 1. The zero-order valence-corrected chi connectivity index (χ0v) is 15.9. The molecule has 1 saturated heterocycles. The lowest BCUT2D eigenvalue weighted by molar-refractivity contribution is -0.115. The van der Waals surface area contributed by atoms with Crippen LogP contribution in [0.4, 0.5) is 5.69 Å². The smallest absolute Gasteiger partial charge is 0.335 e. The van der Waals surface area contributed by atoms with Crippen LogP contribution in [0.3, 0.4) is 0 Å². The molecule has 1 fully saturated rings. The van der Waals surface area contributed by atoms with E-state index in [-0.39, 0.29) is 11.5 Å². The molecule has 1 aliphatic heterocycles. The van der Waals surface area contributed by atoms with E-state index in [2.05, 4.69) is 26.2 Å². The molecule has 2 aromatic rings. The molecule has 2 N–H and O–H groups in total. The van der Waals surface area contributed by atoms with Crippen molar-refractivity contribution >= 4 is 56.5 Å². The summed E-state index contributed by atoms with van der Waals surface area (Å²) in [5.41, 5.74) is 1.59. The number of thioether (sulfide) groups is 1. The van der Waals surface area contributed by atoms with Crippen LogP contribution in [0, 0.1) is 0 Å². The van der Waals surface area contributed by atoms with Gasteiger partial charge < -0.3 is 15.2 Å². The van der Waals surface area contributed by atoms with Crippen LogP contribution in [-0.4, -0.2) is 29.3 Å². The van der Waals surface area contributed by atoms with Gasteiger partial charge in [-0.1, -0.05) is 6.07 Å². The first-order chi connectivity index (χ1) is 12.5. The molecule has 0 unspecified atom stereocenters. The summed E-state index contributed by atoms with van der Waals surface area (Å²) in [6, 6.07) is 11.6. The van der Waals surface area contributed by atoms with Crippen LogP contribution < -0.4 is 10.1 Å². The Morgan fingerprint density at radius 1 is 1.27 bits per heavy atom. The Bertz CT molecular complexity index is 939. The van der Waals surface area contributed by atoms with Gasteiger partial charge in [0, 0.05) is 0 Å². The van der Waals surface area contributed by atoms with E-state index in [1.165, 1.54) is 23.9 Å². The van der Waals surface area contributed by atoms with Crippen molar-refractivity contribution < 1.29 is 19.4 Å². The van der Waals surface area contributed by atoms with E-state index < -0.39 is 5.97 Å². The van der Waals surface area contributed by atoms with Crippen molar-refractivity contribution in [3.63, 3.8) is 0 Å². The Balaban J connectivity index is 1.79. The van der Waals surface area contributed by atoms with Crippen LogP contribution >= 0.6 is 27.7 Å². The van der Waals surface area contributed by atoms with E-state index in [1.54, 1.807) is 25.3 Å². The first-order valence-electron chi connectivity index (χ1n) is 7.43. The fourth-order valence-corrected chi connectivity index (χ4v) is 3.60. The SMILES string of the molecule is COc1ccc(/C=C2/SC(=Nc3ccc(C(=O)O)cc3)NC2=O)cc1Br. The fraction of sp³-hybridized carbons (Fsp3) is 0.0556. The normalized spacial score (nSPS) is 16.8. The van der Waals surface area contributed by atoms with Gasteiger partial charge in [-0.25, -0.2) is 9.79 Å². The fourth-order valence-electron chi connectivity index (χ4n) is 2.20. The van der Waals surface area contributed by atoms with Crippen LogP contribution in [0.25, 0.3) is 6.08 Å². The van der Waals surface area contributed by atoms with Gasteiger partial charge in [0.25, 0.3) is 5.91 Å². The molecule has 0 saturated carbocycles. The summed E-state index contributed by atoms with van der Waals surface area (Å²) < 4.78 is 5.99. The van der Waals surface area contributed by atoms with Crippen molar-refractivity contribution in [2.75, 3.05) is 7.11 Å². The number of hydrogen-bond donors (Lipinski definition) is 2. The number of hydrogen-bond acceptors (Lipinski definition) is 5. The van der Waals surface area contributed by atoms with Crippen molar-refractivity contribution in [1.29, 1.82) is 0 Å². The molecule has 2 aromatic carbocycles. The van der Waals surface area contributed by atoms with Crippen molar-refractivity contribution in [2.45, 2.75) is 0 Å². The van der Waals surface area contributed by atoms with Gasteiger partial charge in [-0.3, -0.25) is 4.79 Å². The second-order valence-electron chi connectivity index (χ2n) is 5.23. The summed E-state index contributed by atoms with van der Waals surface area (Å²) in [6.07, 6.45) is 1.76. The predicted octanol–water partition coefficient (Wildman–Crippen LogP) is 4.05.